The van der Waals surface area contributed by atoms with E-state index in [1.165, 1.54) is 18.2 Å². The number of carbonyl (C=O) groups excluding carboxylic acids is 1. The third-order valence-corrected chi connectivity index (χ3v) is 5.01. The van der Waals surface area contributed by atoms with E-state index in [9.17, 15) is 14.0 Å². The number of carbonyl (C=O) groups is 1. The van der Waals surface area contributed by atoms with Crippen molar-refractivity contribution in [2.75, 3.05) is 0 Å². The standard InChI is InChI=1S/C22H22FNO4.ClH/c1-4-12(2)20(24)22(26)28-16-8-9-17-18(11-16)27-13(3)19(21(17)25)14-6-5-7-15(23)10-14;/h5-12,20H,4,24H2,1-3H3;1H/t12?,20-;/m1./s1. The van der Waals surface area contributed by atoms with Gasteiger partial charge in [-0.2, -0.15) is 0 Å². The third kappa shape index (κ3) is 4.66. The number of halogens is 2. The maximum absolute atomic E-state index is 13.6. The Morgan fingerprint density at radius 2 is 1.97 bits per heavy atom. The molecule has 0 aliphatic carbocycles. The van der Waals surface area contributed by atoms with Crippen LogP contribution >= 0.6 is 0 Å². The van der Waals surface area contributed by atoms with Gasteiger partial charge in [0.05, 0.1) is 10.9 Å². The molecule has 154 valence electrons. The Morgan fingerprint density at radius 3 is 2.62 bits per heavy atom. The number of quaternary nitrogens is 1. The normalized spacial score (nSPS) is 12.9. The van der Waals surface area contributed by atoms with Gasteiger partial charge in [-0.25, -0.2) is 9.18 Å². The molecule has 5 nitrogen and oxygen atoms in total. The Hall–Kier alpha value is -2.70. The van der Waals surface area contributed by atoms with Gasteiger partial charge in [0.1, 0.15) is 22.9 Å². The number of hydrogen-bond acceptors (Lipinski definition) is 4. The lowest BCUT2D eigenvalue weighted by Crippen LogP contribution is -3.00. The summed E-state index contributed by atoms with van der Waals surface area (Å²) in [4.78, 5) is 25.2. The van der Waals surface area contributed by atoms with E-state index < -0.39 is 17.8 Å². The van der Waals surface area contributed by atoms with E-state index in [1.807, 2.05) is 13.8 Å². The van der Waals surface area contributed by atoms with Gasteiger partial charge in [-0.15, -0.1) is 0 Å². The van der Waals surface area contributed by atoms with Crippen molar-refractivity contribution in [3.05, 3.63) is 64.3 Å². The highest BCUT2D eigenvalue weighted by Crippen LogP contribution is 2.27. The molecule has 1 heterocycles. The van der Waals surface area contributed by atoms with Crippen LogP contribution in [0.4, 0.5) is 4.39 Å². The molecular weight excluding hydrogens is 397 g/mol. The van der Waals surface area contributed by atoms with Gasteiger partial charge in [0, 0.05) is 12.0 Å². The maximum Gasteiger partial charge on any atom is 0.370 e. The predicted molar refractivity (Wildman–Crippen MR) is 104 cm³/mol. The van der Waals surface area contributed by atoms with E-state index in [4.69, 9.17) is 9.15 Å². The monoisotopic (exact) mass is 419 g/mol. The number of hydrogen-bond donors (Lipinski definition) is 1. The van der Waals surface area contributed by atoms with Crippen LogP contribution in [0.3, 0.4) is 0 Å². The minimum absolute atomic E-state index is 0. The molecule has 0 saturated carbocycles. The van der Waals surface area contributed by atoms with Gasteiger partial charge >= 0.3 is 5.97 Å². The summed E-state index contributed by atoms with van der Waals surface area (Å²) in [6.07, 6.45) is 0.817. The van der Waals surface area contributed by atoms with Crippen molar-refractivity contribution >= 4 is 16.9 Å². The maximum atomic E-state index is 13.6. The largest absolute Gasteiger partial charge is 1.00 e. The second-order valence-electron chi connectivity index (χ2n) is 6.94. The molecule has 0 fully saturated rings. The summed E-state index contributed by atoms with van der Waals surface area (Å²) in [6, 6.07) is 9.95. The lowest BCUT2D eigenvalue weighted by atomic mass is 10.0. The van der Waals surface area contributed by atoms with Gasteiger partial charge in [-0.1, -0.05) is 26.0 Å². The van der Waals surface area contributed by atoms with Gasteiger partial charge in [0.25, 0.3) is 0 Å². The Morgan fingerprint density at radius 1 is 1.24 bits per heavy atom. The van der Waals surface area contributed by atoms with Crippen LogP contribution in [0, 0.1) is 18.7 Å². The molecule has 3 aromatic rings. The van der Waals surface area contributed by atoms with Crippen molar-refractivity contribution in [3.63, 3.8) is 0 Å². The van der Waals surface area contributed by atoms with E-state index in [2.05, 4.69) is 5.73 Å². The number of benzene rings is 2. The fourth-order valence-electron chi connectivity index (χ4n) is 3.04. The van der Waals surface area contributed by atoms with Crippen LogP contribution in [0.2, 0.25) is 0 Å². The molecule has 0 amide bonds. The molecule has 29 heavy (non-hydrogen) atoms. The molecule has 3 rings (SSSR count). The Kier molecular flexibility index (Phi) is 7.16. The van der Waals surface area contributed by atoms with Crippen LogP contribution in [0.1, 0.15) is 26.0 Å². The van der Waals surface area contributed by atoms with Crippen molar-refractivity contribution in [2.24, 2.45) is 5.92 Å². The minimum Gasteiger partial charge on any atom is -1.00 e. The number of esters is 1. The molecule has 0 bridgehead atoms. The molecule has 7 heteroatoms. The van der Waals surface area contributed by atoms with E-state index in [0.717, 1.165) is 6.42 Å². The third-order valence-electron chi connectivity index (χ3n) is 5.01. The first-order chi connectivity index (χ1) is 13.3. The zero-order chi connectivity index (χ0) is 20.4. The quantitative estimate of drug-likeness (QED) is 0.481. The average Bonchev–Trinajstić information content (AvgIpc) is 2.66. The number of rotatable bonds is 5. The number of ether oxygens (including phenoxy) is 1. The van der Waals surface area contributed by atoms with Crippen LogP contribution in [-0.4, -0.2) is 12.0 Å². The highest BCUT2D eigenvalue weighted by Gasteiger charge is 2.25. The Labute approximate surface area is 174 Å². The smallest absolute Gasteiger partial charge is 0.370 e. The first-order valence-corrected chi connectivity index (χ1v) is 9.20. The van der Waals surface area contributed by atoms with Gasteiger partial charge in [0.2, 0.25) is 5.43 Å². The number of aryl methyl sites for hydroxylation is 1. The molecule has 2 aromatic carbocycles. The predicted octanol–water partition coefficient (Wildman–Crippen LogP) is 0.474. The lowest BCUT2D eigenvalue weighted by Gasteiger charge is -2.14. The van der Waals surface area contributed by atoms with Crippen molar-refractivity contribution in [1.82, 2.24) is 0 Å². The van der Waals surface area contributed by atoms with Crippen LogP contribution in [0.25, 0.3) is 22.1 Å². The van der Waals surface area contributed by atoms with E-state index in [0.29, 0.717) is 27.9 Å². The summed E-state index contributed by atoms with van der Waals surface area (Å²) >= 11 is 0. The minimum atomic E-state index is -0.482. The summed E-state index contributed by atoms with van der Waals surface area (Å²) in [5.74, 6) is -0.106. The summed E-state index contributed by atoms with van der Waals surface area (Å²) in [6.45, 7) is 5.57. The summed E-state index contributed by atoms with van der Waals surface area (Å²) < 4.78 is 24.8. The second-order valence-corrected chi connectivity index (χ2v) is 6.94. The second kappa shape index (κ2) is 9.20. The molecular formula is C22H23ClFNO4. The Balaban J connectivity index is 0.00000300. The van der Waals surface area contributed by atoms with E-state index in [1.54, 1.807) is 31.2 Å². The topological polar surface area (TPSA) is 84.1 Å². The number of fused-ring (bicyclic) bond motifs is 1. The zero-order valence-corrected chi connectivity index (χ0v) is 17.3. The molecule has 1 aromatic heterocycles. The highest BCUT2D eigenvalue weighted by molar-refractivity contribution is 5.85. The first kappa shape index (κ1) is 22.6. The van der Waals surface area contributed by atoms with Crippen molar-refractivity contribution in [2.45, 2.75) is 33.2 Å². The van der Waals surface area contributed by atoms with Crippen molar-refractivity contribution in [1.29, 1.82) is 0 Å². The highest BCUT2D eigenvalue weighted by atomic mass is 35.5. The summed E-state index contributed by atoms with van der Waals surface area (Å²) in [5, 5.41) is 0.331. The lowest BCUT2D eigenvalue weighted by molar-refractivity contribution is -0.418. The van der Waals surface area contributed by atoms with Gasteiger partial charge in [-0.05, 0) is 43.2 Å². The molecule has 0 radical (unpaired) electrons. The van der Waals surface area contributed by atoms with Gasteiger partial charge < -0.3 is 27.3 Å². The Bertz CT molecular complexity index is 1100. The molecule has 0 saturated heterocycles. The molecule has 0 aliphatic heterocycles. The van der Waals surface area contributed by atoms with Crippen LogP contribution in [-0.2, 0) is 4.79 Å². The van der Waals surface area contributed by atoms with E-state index in [-0.39, 0.29) is 29.5 Å². The molecule has 3 N–H and O–H groups in total. The average molecular weight is 420 g/mol. The SMILES string of the molecule is CCC(C)[C@@H]([NH3+])C(=O)Oc1ccc2c(=O)c(-c3cccc(F)c3)c(C)oc2c1.[Cl-]. The van der Waals surface area contributed by atoms with E-state index >= 15 is 0 Å². The van der Waals surface area contributed by atoms with Crippen LogP contribution < -0.4 is 28.3 Å². The van der Waals surface area contributed by atoms with Crippen molar-refractivity contribution in [3.8, 4) is 16.9 Å². The fourth-order valence-corrected chi connectivity index (χ4v) is 3.04. The zero-order valence-electron chi connectivity index (χ0n) is 16.5. The molecule has 2 atom stereocenters. The molecule has 0 aliphatic rings. The van der Waals surface area contributed by atoms with Crippen LogP contribution in [0.15, 0.2) is 51.7 Å². The van der Waals surface area contributed by atoms with Gasteiger partial charge in [0.15, 0.2) is 6.04 Å². The van der Waals surface area contributed by atoms with Crippen molar-refractivity contribution < 1.29 is 36.5 Å². The van der Waals surface area contributed by atoms with Gasteiger partial charge in [-0.3, -0.25) is 4.79 Å². The summed E-state index contributed by atoms with van der Waals surface area (Å²) in [5.41, 5.74) is 4.67. The van der Waals surface area contributed by atoms with Crippen LogP contribution in [0.5, 0.6) is 5.75 Å². The molecule has 0 spiro atoms. The molecule has 1 unspecified atom stereocenters. The summed E-state index contributed by atoms with van der Waals surface area (Å²) in [7, 11) is 0. The first-order valence-electron chi connectivity index (χ1n) is 9.20. The fraction of sp³-hybridized carbons (Fsp3) is 0.273.